The third-order valence-electron chi connectivity index (χ3n) is 5.32. The zero-order chi connectivity index (χ0) is 19.5. The summed E-state index contributed by atoms with van der Waals surface area (Å²) >= 11 is 0. The summed E-state index contributed by atoms with van der Waals surface area (Å²) < 4.78 is 19.6. The number of ether oxygens (including phenoxy) is 1. The topological polar surface area (TPSA) is 62.4 Å². The summed E-state index contributed by atoms with van der Waals surface area (Å²) in [5, 5.41) is 9.26. The first-order valence-corrected chi connectivity index (χ1v) is 9.65. The van der Waals surface area contributed by atoms with Crippen LogP contribution in [0.25, 0.3) is 5.57 Å². The van der Waals surface area contributed by atoms with Crippen molar-refractivity contribution in [3.63, 3.8) is 0 Å². The first-order valence-electron chi connectivity index (χ1n) is 9.65. The van der Waals surface area contributed by atoms with E-state index >= 15 is 0 Å². The monoisotopic (exact) mass is 381 g/mol. The minimum Gasteiger partial charge on any atom is -0.490 e. The third kappa shape index (κ3) is 4.02. The van der Waals surface area contributed by atoms with E-state index in [9.17, 15) is 9.18 Å². The van der Waals surface area contributed by atoms with E-state index in [-0.39, 0.29) is 17.8 Å². The molecule has 0 aromatic heterocycles. The Labute approximate surface area is 164 Å². The number of carbonyl (C=O) groups excluding carboxylic acids is 1. The Morgan fingerprint density at radius 3 is 2.82 bits per heavy atom. The molecule has 4 rings (SSSR count). The van der Waals surface area contributed by atoms with Gasteiger partial charge in [0.15, 0.2) is 0 Å². The smallest absolute Gasteiger partial charge is 0.257 e. The van der Waals surface area contributed by atoms with Crippen molar-refractivity contribution in [1.82, 2.24) is 5.32 Å². The van der Waals surface area contributed by atoms with Crippen LogP contribution in [0.4, 0.5) is 15.8 Å². The Hall–Kier alpha value is -2.86. The molecular formula is C22H24FN3O2. The van der Waals surface area contributed by atoms with E-state index in [1.165, 1.54) is 25.0 Å². The van der Waals surface area contributed by atoms with Crippen molar-refractivity contribution in [2.24, 2.45) is 5.92 Å². The van der Waals surface area contributed by atoms with Crippen molar-refractivity contribution < 1.29 is 13.9 Å². The summed E-state index contributed by atoms with van der Waals surface area (Å²) in [7, 11) is 0. The first kappa shape index (κ1) is 18.5. The molecule has 3 N–H and O–H groups in total. The zero-order valence-corrected chi connectivity index (χ0v) is 15.8. The number of rotatable bonds is 5. The second-order valence-electron chi connectivity index (χ2n) is 7.30. The summed E-state index contributed by atoms with van der Waals surface area (Å²) in [6.45, 7) is 4.20. The molecule has 0 spiro atoms. The van der Waals surface area contributed by atoms with Gasteiger partial charge in [0.25, 0.3) is 5.91 Å². The van der Waals surface area contributed by atoms with E-state index in [1.54, 1.807) is 12.3 Å². The van der Waals surface area contributed by atoms with Crippen molar-refractivity contribution in [1.29, 1.82) is 0 Å². The number of halogens is 1. The van der Waals surface area contributed by atoms with Gasteiger partial charge in [0, 0.05) is 35.6 Å². The molecule has 6 heteroatoms. The van der Waals surface area contributed by atoms with Gasteiger partial charge in [0.05, 0.1) is 11.7 Å². The van der Waals surface area contributed by atoms with Crippen molar-refractivity contribution in [3.05, 3.63) is 60.0 Å². The number of benzene rings is 2. The molecule has 1 amide bonds. The van der Waals surface area contributed by atoms with Crippen LogP contribution in [-0.2, 0) is 4.79 Å². The van der Waals surface area contributed by atoms with Crippen LogP contribution in [0, 0.1) is 11.7 Å². The molecule has 0 aliphatic carbocycles. The van der Waals surface area contributed by atoms with Crippen LogP contribution in [0.5, 0.6) is 5.75 Å². The molecule has 0 bridgehead atoms. The van der Waals surface area contributed by atoms with Gasteiger partial charge in [-0.25, -0.2) is 4.39 Å². The molecular weight excluding hydrogens is 357 g/mol. The molecule has 2 aliphatic rings. The predicted molar refractivity (Wildman–Crippen MR) is 109 cm³/mol. The minimum atomic E-state index is -0.370. The maximum absolute atomic E-state index is 13.5. The summed E-state index contributed by atoms with van der Waals surface area (Å²) in [5.74, 6) is 0.729. The van der Waals surface area contributed by atoms with Crippen molar-refractivity contribution in [2.45, 2.75) is 25.9 Å². The van der Waals surface area contributed by atoms with Gasteiger partial charge < -0.3 is 20.7 Å². The highest BCUT2D eigenvalue weighted by atomic mass is 19.1. The third-order valence-corrected chi connectivity index (χ3v) is 5.32. The van der Waals surface area contributed by atoms with Gasteiger partial charge in [-0.2, -0.15) is 0 Å². The summed E-state index contributed by atoms with van der Waals surface area (Å²) in [6, 6.07) is 11.9. The average Bonchev–Trinajstić information content (AvgIpc) is 3.02. The van der Waals surface area contributed by atoms with E-state index in [1.807, 2.05) is 24.3 Å². The molecule has 2 aliphatic heterocycles. The fraction of sp³-hybridized carbons (Fsp3) is 0.318. The van der Waals surface area contributed by atoms with Gasteiger partial charge in [0.1, 0.15) is 11.6 Å². The predicted octanol–water partition coefficient (Wildman–Crippen LogP) is 4.00. The average molecular weight is 381 g/mol. The molecule has 2 atom stereocenters. The fourth-order valence-electron chi connectivity index (χ4n) is 3.68. The first-order chi connectivity index (χ1) is 13.6. The van der Waals surface area contributed by atoms with Crippen LogP contribution < -0.4 is 20.7 Å². The lowest BCUT2D eigenvalue weighted by atomic mass is 9.95. The maximum Gasteiger partial charge on any atom is 0.257 e. The SMILES string of the molecule is CC(Oc1ccc(NC=C2C(=O)Nc3ccc(F)cc32)cc1)C1CCCNC1. The van der Waals surface area contributed by atoms with Crippen LogP contribution >= 0.6 is 0 Å². The lowest BCUT2D eigenvalue weighted by Gasteiger charge is -2.28. The van der Waals surface area contributed by atoms with Crippen LogP contribution in [0.15, 0.2) is 48.7 Å². The van der Waals surface area contributed by atoms with Crippen LogP contribution in [0.3, 0.4) is 0 Å². The fourth-order valence-corrected chi connectivity index (χ4v) is 3.68. The second-order valence-corrected chi connectivity index (χ2v) is 7.30. The number of anilines is 2. The number of fused-ring (bicyclic) bond motifs is 1. The van der Waals surface area contributed by atoms with Gasteiger partial charge >= 0.3 is 0 Å². The van der Waals surface area contributed by atoms with Gasteiger partial charge in [-0.3, -0.25) is 4.79 Å². The van der Waals surface area contributed by atoms with Gasteiger partial charge in [0.2, 0.25) is 0 Å². The highest BCUT2D eigenvalue weighted by molar-refractivity contribution is 6.31. The Bertz CT molecular complexity index is 889. The van der Waals surface area contributed by atoms with Crippen LogP contribution in [-0.4, -0.2) is 25.1 Å². The van der Waals surface area contributed by atoms with E-state index in [4.69, 9.17) is 4.74 Å². The zero-order valence-electron chi connectivity index (χ0n) is 15.8. The number of nitrogens with one attached hydrogen (secondary N) is 3. The molecule has 5 nitrogen and oxygen atoms in total. The molecule has 2 aromatic rings. The van der Waals surface area contributed by atoms with Crippen LogP contribution in [0.1, 0.15) is 25.3 Å². The second kappa shape index (κ2) is 8.02. The van der Waals surface area contributed by atoms with E-state index < -0.39 is 0 Å². The van der Waals surface area contributed by atoms with Gasteiger partial charge in [-0.15, -0.1) is 0 Å². The van der Waals surface area contributed by atoms with Crippen LogP contribution in [0.2, 0.25) is 0 Å². The normalized spacial score (nSPS) is 21.1. The van der Waals surface area contributed by atoms with Crippen molar-refractivity contribution in [3.8, 4) is 5.75 Å². The maximum atomic E-state index is 13.5. The van der Waals surface area contributed by atoms with E-state index in [0.717, 1.165) is 24.5 Å². The largest absolute Gasteiger partial charge is 0.490 e. The Balaban J connectivity index is 1.40. The number of hydrogen-bond donors (Lipinski definition) is 3. The molecule has 28 heavy (non-hydrogen) atoms. The Morgan fingerprint density at radius 1 is 1.25 bits per heavy atom. The summed E-state index contributed by atoms with van der Waals surface area (Å²) in [6.07, 6.45) is 4.14. The number of carbonyl (C=O) groups is 1. The summed E-state index contributed by atoms with van der Waals surface area (Å²) in [4.78, 5) is 12.1. The molecule has 146 valence electrons. The molecule has 2 unspecified atom stereocenters. The summed E-state index contributed by atoms with van der Waals surface area (Å²) in [5.41, 5.74) is 2.42. The molecule has 0 radical (unpaired) electrons. The number of piperidine rings is 1. The van der Waals surface area contributed by atoms with Gasteiger partial charge in [-0.05, 0) is 68.8 Å². The quantitative estimate of drug-likeness (QED) is 0.685. The highest BCUT2D eigenvalue weighted by Gasteiger charge is 2.24. The molecule has 2 aromatic carbocycles. The van der Waals surface area contributed by atoms with E-state index in [2.05, 4.69) is 22.9 Å². The minimum absolute atomic E-state index is 0.155. The molecule has 1 fully saturated rings. The number of hydrogen-bond acceptors (Lipinski definition) is 4. The molecule has 1 saturated heterocycles. The van der Waals surface area contributed by atoms with Crippen molar-refractivity contribution >= 4 is 22.9 Å². The lowest BCUT2D eigenvalue weighted by Crippen LogP contribution is -2.37. The standard InChI is InChI=1S/C22H24FN3O2/c1-14(15-3-2-10-24-12-15)28-18-7-5-17(6-8-18)25-13-20-19-11-16(23)4-9-21(19)26-22(20)27/h4-9,11,13-15,24-25H,2-3,10,12H2,1H3,(H,26,27). The number of amides is 1. The van der Waals surface area contributed by atoms with Crippen molar-refractivity contribution in [2.75, 3.05) is 23.7 Å². The highest BCUT2D eigenvalue weighted by Crippen LogP contribution is 2.32. The van der Waals surface area contributed by atoms with Gasteiger partial charge in [-0.1, -0.05) is 0 Å². The van der Waals surface area contributed by atoms with E-state index in [0.29, 0.717) is 22.7 Å². The lowest BCUT2D eigenvalue weighted by molar-refractivity contribution is -0.110. The Kier molecular flexibility index (Phi) is 5.30. The Morgan fingerprint density at radius 2 is 2.07 bits per heavy atom. The molecule has 0 saturated carbocycles. The molecule has 2 heterocycles.